The molecule has 31 heavy (non-hydrogen) atoms. The number of nitrogens with zero attached hydrogens (tertiary/aromatic N) is 1. The lowest BCUT2D eigenvalue weighted by atomic mass is 9.88. The molecule has 0 fully saturated rings. The van der Waals surface area contributed by atoms with E-state index in [1.807, 2.05) is 12.1 Å². The largest absolute Gasteiger partial charge is 0.573 e. The number of hydrogen-bond acceptors (Lipinski definition) is 2. The molecule has 1 aliphatic heterocycles. The average Bonchev–Trinajstić information content (AvgIpc) is 2.99. The summed E-state index contributed by atoms with van der Waals surface area (Å²) in [5.74, 6) is -0.544. The molecule has 2 heterocycles. The van der Waals surface area contributed by atoms with Crippen LogP contribution in [0.4, 0.5) is 26.3 Å². The van der Waals surface area contributed by atoms with Crippen molar-refractivity contribution in [3.8, 4) is 5.75 Å². The fourth-order valence-corrected chi connectivity index (χ4v) is 4.58. The van der Waals surface area contributed by atoms with Gasteiger partial charge in [0.25, 0.3) is 0 Å². The number of ether oxygens (including phenoxy) is 1. The van der Waals surface area contributed by atoms with Crippen LogP contribution in [0, 0.1) is 0 Å². The van der Waals surface area contributed by atoms with E-state index in [4.69, 9.17) is 0 Å². The molecular weight excluding hydrogens is 490 g/mol. The van der Waals surface area contributed by atoms with Crippen LogP contribution < -0.4 is 4.74 Å². The second-order valence-electron chi connectivity index (χ2n) is 7.54. The molecule has 2 atom stereocenters. The third kappa shape index (κ3) is 4.55. The van der Waals surface area contributed by atoms with Crippen LogP contribution in [0.15, 0.2) is 46.9 Å². The van der Waals surface area contributed by atoms with Gasteiger partial charge in [-0.05, 0) is 37.1 Å². The van der Waals surface area contributed by atoms with E-state index in [0.29, 0.717) is 22.1 Å². The summed E-state index contributed by atoms with van der Waals surface area (Å²) in [7, 11) is 0. The summed E-state index contributed by atoms with van der Waals surface area (Å²) in [6.45, 7) is 0.377. The van der Waals surface area contributed by atoms with Gasteiger partial charge in [0.15, 0.2) is 0 Å². The Morgan fingerprint density at radius 2 is 1.81 bits per heavy atom. The molecule has 0 bridgehead atoms. The molecule has 10 heteroatoms. The lowest BCUT2D eigenvalue weighted by Crippen LogP contribution is -2.47. The SMILES string of the molecule is C[C@@H]1Cc2c([nH]c3ccccc23)[C@@H](c2ccc(Br)cc2OC(F)(F)F)N1CC(F)(F)F. The van der Waals surface area contributed by atoms with Crippen molar-refractivity contribution in [1.82, 2.24) is 9.88 Å². The van der Waals surface area contributed by atoms with Gasteiger partial charge in [-0.15, -0.1) is 13.2 Å². The molecule has 2 aromatic carbocycles. The van der Waals surface area contributed by atoms with Crippen molar-refractivity contribution in [3.63, 3.8) is 0 Å². The van der Waals surface area contributed by atoms with Crippen molar-refractivity contribution in [2.24, 2.45) is 0 Å². The van der Waals surface area contributed by atoms with E-state index in [2.05, 4.69) is 25.7 Å². The number of alkyl halides is 6. The summed E-state index contributed by atoms with van der Waals surface area (Å²) in [4.78, 5) is 4.32. The molecule has 3 aromatic rings. The van der Waals surface area contributed by atoms with Crippen LogP contribution in [0.2, 0.25) is 0 Å². The van der Waals surface area contributed by atoms with E-state index in [1.54, 1.807) is 19.1 Å². The standard InChI is InChI=1S/C21H17BrF6N2O/c1-11-8-15-13-4-2-3-5-16(13)29-18(15)19(30(11)10-20(23,24)25)14-7-6-12(22)9-17(14)31-21(26,27)28/h2-7,9,11,19,29H,8,10H2,1H3/t11-,19-/m1/s1. The van der Waals surface area contributed by atoms with E-state index in [9.17, 15) is 26.3 Å². The summed E-state index contributed by atoms with van der Waals surface area (Å²) in [5.41, 5.74) is 1.96. The Morgan fingerprint density at radius 1 is 1.10 bits per heavy atom. The van der Waals surface area contributed by atoms with Crippen LogP contribution in [0.5, 0.6) is 5.75 Å². The second kappa shape index (κ2) is 7.74. The molecule has 3 nitrogen and oxygen atoms in total. The maximum absolute atomic E-state index is 13.4. The third-order valence-corrected chi connectivity index (χ3v) is 5.87. The summed E-state index contributed by atoms with van der Waals surface area (Å²) >= 11 is 3.11. The highest BCUT2D eigenvalue weighted by Crippen LogP contribution is 2.45. The number of H-pyrrole nitrogens is 1. The van der Waals surface area contributed by atoms with Gasteiger partial charge in [0.05, 0.1) is 12.6 Å². The maximum Gasteiger partial charge on any atom is 0.573 e. The topological polar surface area (TPSA) is 28.3 Å². The first-order valence-electron chi connectivity index (χ1n) is 9.40. The van der Waals surface area contributed by atoms with Crippen molar-refractivity contribution >= 4 is 26.8 Å². The molecule has 0 radical (unpaired) electrons. The number of para-hydroxylation sites is 1. The Morgan fingerprint density at radius 3 is 2.48 bits per heavy atom. The smallest absolute Gasteiger partial charge is 0.405 e. The van der Waals surface area contributed by atoms with Gasteiger partial charge in [-0.1, -0.05) is 40.2 Å². The van der Waals surface area contributed by atoms with E-state index >= 15 is 0 Å². The first kappa shape index (κ1) is 22.0. The Kier molecular flexibility index (Phi) is 5.49. The van der Waals surface area contributed by atoms with Crippen molar-refractivity contribution in [3.05, 3.63) is 63.8 Å². The number of aromatic amines is 1. The number of halogens is 7. The molecule has 0 unspecified atom stereocenters. The van der Waals surface area contributed by atoms with Gasteiger partial charge in [0.2, 0.25) is 0 Å². The summed E-state index contributed by atoms with van der Waals surface area (Å²) in [5, 5.41) is 0.844. The summed E-state index contributed by atoms with van der Waals surface area (Å²) < 4.78 is 84.1. The average molecular weight is 507 g/mol. The number of benzene rings is 2. The molecule has 0 aliphatic carbocycles. The minimum Gasteiger partial charge on any atom is -0.405 e. The van der Waals surface area contributed by atoms with Crippen LogP contribution in [-0.4, -0.2) is 35.0 Å². The van der Waals surface area contributed by atoms with Crippen LogP contribution in [-0.2, 0) is 6.42 Å². The van der Waals surface area contributed by atoms with Gasteiger partial charge in [-0.3, -0.25) is 4.90 Å². The number of rotatable bonds is 3. The lowest BCUT2D eigenvalue weighted by molar-refractivity contribution is -0.275. The molecule has 166 valence electrons. The van der Waals surface area contributed by atoms with Crippen LogP contribution in [0.1, 0.15) is 29.8 Å². The zero-order chi connectivity index (χ0) is 22.6. The molecule has 1 N–H and O–H groups in total. The Labute approximate surface area is 182 Å². The molecule has 0 saturated carbocycles. The van der Waals surface area contributed by atoms with Crippen LogP contribution in [0.25, 0.3) is 10.9 Å². The summed E-state index contributed by atoms with van der Waals surface area (Å²) in [6.07, 6.45) is -9.19. The third-order valence-electron chi connectivity index (χ3n) is 5.38. The molecule has 0 saturated heterocycles. The molecular formula is C21H17BrF6N2O. The van der Waals surface area contributed by atoms with Gasteiger partial charge in [0.1, 0.15) is 5.75 Å². The van der Waals surface area contributed by atoms with E-state index < -0.39 is 36.9 Å². The molecule has 1 aromatic heterocycles. The zero-order valence-corrected chi connectivity index (χ0v) is 17.7. The Bertz CT molecular complexity index is 1110. The first-order chi connectivity index (χ1) is 14.4. The highest BCUT2D eigenvalue weighted by molar-refractivity contribution is 9.10. The highest BCUT2D eigenvalue weighted by atomic mass is 79.9. The first-order valence-corrected chi connectivity index (χ1v) is 10.2. The second-order valence-corrected chi connectivity index (χ2v) is 8.45. The Balaban J connectivity index is 1.94. The van der Waals surface area contributed by atoms with Crippen molar-refractivity contribution in [1.29, 1.82) is 0 Å². The van der Waals surface area contributed by atoms with Gasteiger partial charge >= 0.3 is 12.5 Å². The normalized spacial score (nSPS) is 20.1. The van der Waals surface area contributed by atoms with Crippen LogP contribution in [0.3, 0.4) is 0 Å². The van der Waals surface area contributed by atoms with Gasteiger partial charge in [0, 0.05) is 32.7 Å². The van der Waals surface area contributed by atoms with Crippen molar-refractivity contribution in [2.45, 2.75) is 38.0 Å². The van der Waals surface area contributed by atoms with Crippen LogP contribution >= 0.6 is 15.9 Å². The molecule has 0 spiro atoms. The number of fused-ring (bicyclic) bond motifs is 3. The van der Waals surface area contributed by atoms with Crippen molar-refractivity contribution < 1.29 is 31.1 Å². The number of nitrogens with one attached hydrogen (secondary N) is 1. The minimum absolute atomic E-state index is 0.00383. The van der Waals surface area contributed by atoms with Gasteiger partial charge in [-0.25, -0.2) is 0 Å². The van der Waals surface area contributed by atoms with Gasteiger partial charge in [-0.2, -0.15) is 13.2 Å². The minimum atomic E-state index is -4.99. The number of aromatic nitrogens is 1. The highest BCUT2D eigenvalue weighted by Gasteiger charge is 2.43. The van der Waals surface area contributed by atoms with E-state index in [0.717, 1.165) is 17.0 Å². The van der Waals surface area contributed by atoms with Crippen molar-refractivity contribution in [2.75, 3.05) is 6.54 Å². The summed E-state index contributed by atoms with van der Waals surface area (Å²) in [6, 6.07) is 9.55. The maximum atomic E-state index is 13.4. The quantitative estimate of drug-likeness (QED) is 0.399. The van der Waals surface area contributed by atoms with E-state index in [1.165, 1.54) is 17.0 Å². The predicted molar refractivity (Wildman–Crippen MR) is 107 cm³/mol. The molecule has 4 rings (SSSR count). The lowest BCUT2D eigenvalue weighted by Gasteiger charge is -2.41. The zero-order valence-electron chi connectivity index (χ0n) is 16.1. The molecule has 0 amide bonds. The predicted octanol–water partition coefficient (Wildman–Crippen LogP) is 6.73. The molecule has 1 aliphatic rings. The van der Waals surface area contributed by atoms with Gasteiger partial charge < -0.3 is 9.72 Å². The number of hydrogen-bond donors (Lipinski definition) is 1. The Hall–Kier alpha value is -2.20. The monoisotopic (exact) mass is 506 g/mol. The fraction of sp³-hybridized carbons (Fsp3) is 0.333. The fourth-order valence-electron chi connectivity index (χ4n) is 4.24. The van der Waals surface area contributed by atoms with E-state index in [-0.39, 0.29) is 5.56 Å².